The molecule has 0 bridgehead atoms. The zero-order valence-electron chi connectivity index (χ0n) is 13.3. The quantitative estimate of drug-likeness (QED) is 0.908. The van der Waals surface area contributed by atoms with Gasteiger partial charge in [-0.15, -0.1) is 0 Å². The molecule has 0 saturated carbocycles. The lowest BCUT2D eigenvalue weighted by Crippen LogP contribution is -2.36. The normalized spacial score (nSPS) is 17.6. The summed E-state index contributed by atoms with van der Waals surface area (Å²) in [6, 6.07) is 14.0. The summed E-state index contributed by atoms with van der Waals surface area (Å²) in [5.74, 6) is -0.127. The van der Waals surface area contributed by atoms with Crippen molar-refractivity contribution in [3.63, 3.8) is 0 Å². The van der Waals surface area contributed by atoms with Crippen molar-refractivity contribution in [3.05, 3.63) is 69.7 Å². The maximum atomic E-state index is 12.1. The van der Waals surface area contributed by atoms with Crippen LogP contribution in [0, 0.1) is 19.8 Å². The number of nitrogens with zero attached hydrogens (tertiary/aromatic N) is 1. The van der Waals surface area contributed by atoms with E-state index in [0.717, 1.165) is 16.8 Å². The minimum absolute atomic E-state index is 0.0199. The molecular weight excluding hydrogens is 308 g/mol. The third-order valence-corrected chi connectivity index (χ3v) is 4.45. The number of hydrogen-bond acceptors (Lipinski definition) is 2. The van der Waals surface area contributed by atoms with Crippen molar-refractivity contribution in [3.8, 4) is 0 Å². The summed E-state index contributed by atoms with van der Waals surface area (Å²) < 4.78 is 0. The van der Waals surface area contributed by atoms with Crippen LogP contribution in [-0.4, -0.2) is 11.6 Å². The van der Waals surface area contributed by atoms with Gasteiger partial charge in [-0.1, -0.05) is 47.5 Å². The summed E-state index contributed by atoms with van der Waals surface area (Å²) >= 11 is 5.92. The average molecular weight is 327 g/mol. The molecule has 23 heavy (non-hydrogen) atoms. The van der Waals surface area contributed by atoms with Crippen molar-refractivity contribution in [2.45, 2.75) is 26.7 Å². The fourth-order valence-corrected chi connectivity index (χ4v) is 3.09. The summed E-state index contributed by atoms with van der Waals surface area (Å²) in [6.45, 7) is 4.15. The number of benzene rings is 2. The van der Waals surface area contributed by atoms with Crippen molar-refractivity contribution in [2.24, 2.45) is 11.0 Å². The molecule has 118 valence electrons. The van der Waals surface area contributed by atoms with Crippen molar-refractivity contribution in [1.82, 2.24) is 5.43 Å². The second-order valence-corrected chi connectivity index (χ2v) is 6.52. The van der Waals surface area contributed by atoms with Crippen LogP contribution in [0.5, 0.6) is 0 Å². The van der Waals surface area contributed by atoms with Crippen molar-refractivity contribution in [2.75, 3.05) is 0 Å². The molecule has 1 atom stereocenters. The predicted octanol–water partition coefficient (Wildman–Crippen LogP) is 4.04. The summed E-state index contributed by atoms with van der Waals surface area (Å²) in [5, 5.41) is 4.98. The number of rotatable bonds is 3. The molecule has 2 aromatic carbocycles. The molecule has 0 fully saturated rings. The first-order valence-electron chi connectivity index (χ1n) is 7.71. The van der Waals surface area contributed by atoms with E-state index >= 15 is 0 Å². The van der Waals surface area contributed by atoms with E-state index in [0.29, 0.717) is 17.9 Å². The molecule has 1 aliphatic rings. The van der Waals surface area contributed by atoms with Crippen LogP contribution in [0.25, 0.3) is 0 Å². The van der Waals surface area contributed by atoms with Gasteiger partial charge in [0.2, 0.25) is 5.91 Å². The van der Waals surface area contributed by atoms with Crippen LogP contribution in [0.1, 0.15) is 28.7 Å². The molecule has 0 aliphatic carbocycles. The molecule has 0 saturated heterocycles. The number of carbonyl (C=O) groups excluding carboxylic acids is 1. The molecule has 0 radical (unpaired) electrons. The second kappa shape index (κ2) is 6.55. The highest BCUT2D eigenvalue weighted by atomic mass is 35.5. The van der Waals surface area contributed by atoms with Crippen LogP contribution in [-0.2, 0) is 11.2 Å². The first-order chi connectivity index (χ1) is 11.0. The van der Waals surface area contributed by atoms with Crippen LogP contribution < -0.4 is 5.43 Å². The van der Waals surface area contributed by atoms with Gasteiger partial charge in [-0.05, 0) is 43.5 Å². The Morgan fingerprint density at radius 2 is 1.91 bits per heavy atom. The minimum atomic E-state index is -0.107. The molecule has 1 aliphatic heterocycles. The highest BCUT2D eigenvalue weighted by Crippen LogP contribution is 2.22. The largest absolute Gasteiger partial charge is 0.273 e. The number of hydrazone groups is 1. The lowest BCUT2D eigenvalue weighted by atomic mass is 9.88. The van der Waals surface area contributed by atoms with E-state index in [9.17, 15) is 4.79 Å². The van der Waals surface area contributed by atoms with Crippen LogP contribution >= 0.6 is 11.6 Å². The lowest BCUT2D eigenvalue weighted by molar-refractivity contribution is -0.125. The molecular formula is C19H19ClN2O. The van der Waals surface area contributed by atoms with Crippen molar-refractivity contribution in [1.29, 1.82) is 0 Å². The van der Waals surface area contributed by atoms with Crippen molar-refractivity contribution < 1.29 is 4.79 Å². The van der Waals surface area contributed by atoms with Crippen molar-refractivity contribution >= 4 is 23.2 Å². The lowest BCUT2D eigenvalue weighted by Gasteiger charge is -2.22. The van der Waals surface area contributed by atoms with E-state index in [2.05, 4.69) is 42.6 Å². The molecule has 2 aromatic rings. The van der Waals surface area contributed by atoms with Crippen LogP contribution in [0.15, 0.2) is 47.6 Å². The summed E-state index contributed by atoms with van der Waals surface area (Å²) in [5.41, 5.74) is 8.25. The Hall–Kier alpha value is -2.13. The molecule has 3 rings (SSSR count). The standard InChI is InChI=1S/C19H19ClN2O/c1-12-3-8-17(13(2)9-12)18-11-15(19(23)22-21-18)10-14-4-6-16(20)7-5-14/h3-9,15H,10-11H2,1-2H3,(H,22,23)/t15-/m1/s1. The topological polar surface area (TPSA) is 41.5 Å². The van der Waals surface area contributed by atoms with E-state index < -0.39 is 0 Å². The number of nitrogens with one attached hydrogen (secondary N) is 1. The Balaban J connectivity index is 1.80. The Morgan fingerprint density at radius 3 is 2.61 bits per heavy atom. The van der Waals surface area contributed by atoms with Gasteiger partial charge >= 0.3 is 0 Å². The van der Waals surface area contributed by atoms with E-state index in [1.165, 1.54) is 11.1 Å². The first-order valence-corrected chi connectivity index (χ1v) is 8.09. The van der Waals surface area contributed by atoms with Gasteiger partial charge in [0, 0.05) is 22.9 Å². The molecule has 1 heterocycles. The maximum Gasteiger partial charge on any atom is 0.243 e. The van der Waals surface area contributed by atoms with E-state index in [-0.39, 0.29) is 11.8 Å². The minimum Gasteiger partial charge on any atom is -0.273 e. The molecule has 3 nitrogen and oxygen atoms in total. The molecule has 0 spiro atoms. The van der Waals surface area contributed by atoms with Gasteiger partial charge < -0.3 is 0 Å². The van der Waals surface area contributed by atoms with Gasteiger partial charge in [0.1, 0.15) is 0 Å². The fraction of sp³-hybridized carbons (Fsp3) is 0.263. The summed E-state index contributed by atoms with van der Waals surface area (Å²) in [4.78, 5) is 12.1. The molecule has 0 aromatic heterocycles. The zero-order valence-corrected chi connectivity index (χ0v) is 14.0. The SMILES string of the molecule is Cc1ccc(C2=NNC(=O)[C@H](Cc3ccc(Cl)cc3)C2)c(C)c1. The Labute approximate surface area is 141 Å². The van der Waals surface area contributed by atoms with Gasteiger partial charge in [-0.3, -0.25) is 4.79 Å². The number of carbonyl (C=O) groups is 1. The molecule has 1 amide bonds. The summed E-state index contributed by atoms with van der Waals surface area (Å²) in [7, 11) is 0. The second-order valence-electron chi connectivity index (χ2n) is 6.08. The number of halogens is 1. The highest BCUT2D eigenvalue weighted by Gasteiger charge is 2.26. The highest BCUT2D eigenvalue weighted by molar-refractivity contribution is 6.30. The van der Waals surface area contributed by atoms with E-state index in [1.54, 1.807) is 0 Å². The Morgan fingerprint density at radius 1 is 1.17 bits per heavy atom. The maximum absolute atomic E-state index is 12.1. The van der Waals surface area contributed by atoms with E-state index in [4.69, 9.17) is 11.6 Å². The smallest absolute Gasteiger partial charge is 0.243 e. The molecule has 4 heteroatoms. The third kappa shape index (κ3) is 3.62. The fourth-order valence-electron chi connectivity index (χ4n) is 2.96. The number of aryl methyl sites for hydroxylation is 2. The van der Waals surface area contributed by atoms with Crippen LogP contribution in [0.2, 0.25) is 5.02 Å². The Kier molecular flexibility index (Phi) is 4.49. The zero-order chi connectivity index (χ0) is 16.4. The molecule has 1 N–H and O–H groups in total. The molecule has 0 unspecified atom stereocenters. The monoisotopic (exact) mass is 326 g/mol. The van der Waals surface area contributed by atoms with Crippen LogP contribution in [0.3, 0.4) is 0 Å². The van der Waals surface area contributed by atoms with Gasteiger partial charge in [0.15, 0.2) is 0 Å². The van der Waals surface area contributed by atoms with Crippen LogP contribution in [0.4, 0.5) is 0 Å². The number of amides is 1. The number of hydrogen-bond donors (Lipinski definition) is 1. The Bertz CT molecular complexity index is 765. The third-order valence-electron chi connectivity index (χ3n) is 4.20. The van der Waals surface area contributed by atoms with Gasteiger partial charge in [0.05, 0.1) is 5.71 Å². The van der Waals surface area contributed by atoms with Gasteiger partial charge in [-0.25, -0.2) is 5.43 Å². The van der Waals surface area contributed by atoms with E-state index in [1.807, 2.05) is 24.3 Å². The average Bonchev–Trinajstić information content (AvgIpc) is 2.52. The summed E-state index contributed by atoms with van der Waals surface area (Å²) in [6.07, 6.45) is 1.34. The predicted molar refractivity (Wildman–Crippen MR) is 93.9 cm³/mol. The van der Waals surface area contributed by atoms with Gasteiger partial charge in [-0.2, -0.15) is 5.10 Å². The van der Waals surface area contributed by atoms with Gasteiger partial charge in [0.25, 0.3) is 0 Å². The first kappa shape index (κ1) is 15.8.